The number of nitrogens with zero attached hydrogens (tertiary/aromatic N) is 1. The Labute approximate surface area is 86.4 Å². The summed E-state index contributed by atoms with van der Waals surface area (Å²) in [5.41, 5.74) is -0.443. The van der Waals surface area contributed by atoms with Crippen molar-refractivity contribution in [3.8, 4) is 0 Å². The van der Waals surface area contributed by atoms with Gasteiger partial charge >= 0.3 is 18.9 Å². The molecule has 0 fully saturated rings. The van der Waals surface area contributed by atoms with Crippen molar-refractivity contribution in [3.63, 3.8) is 0 Å². The van der Waals surface area contributed by atoms with Gasteiger partial charge in [-0.25, -0.2) is 0 Å². The van der Waals surface area contributed by atoms with Crippen LogP contribution >= 0.6 is 0 Å². The van der Waals surface area contributed by atoms with Gasteiger partial charge in [-0.1, -0.05) is 0 Å². The number of carbonyl (C=O) groups is 1. The molecule has 0 spiro atoms. The summed E-state index contributed by atoms with van der Waals surface area (Å²) in [7, 11) is 0. The molecule has 0 rings (SSSR count). The van der Waals surface area contributed by atoms with Gasteiger partial charge in [0.1, 0.15) is 5.60 Å². The molecule has 1 amide bonds. The third kappa shape index (κ3) is 9.87. The summed E-state index contributed by atoms with van der Waals surface area (Å²) in [6.45, 7) is 9.42. The quantitative estimate of drug-likeness (QED) is 0.408. The molecule has 3 nitrogen and oxygen atoms in total. The van der Waals surface area contributed by atoms with E-state index in [1.165, 1.54) is 0 Å². The largest absolute Gasteiger partial charge is 1.00 e. The van der Waals surface area contributed by atoms with Gasteiger partial charge in [-0.15, -0.1) is 0 Å². The Morgan fingerprint density at radius 2 is 2.00 bits per heavy atom. The van der Waals surface area contributed by atoms with Crippen LogP contribution in [0.1, 0.15) is 27.2 Å². The van der Waals surface area contributed by atoms with E-state index < -0.39 is 11.7 Å². The van der Waals surface area contributed by atoms with Gasteiger partial charge in [0.25, 0.3) is 0 Å². The minimum absolute atomic E-state index is 0. The third-order valence-corrected chi connectivity index (χ3v) is 0.793. The molecule has 0 aliphatic heterocycles. The predicted molar refractivity (Wildman–Crippen MR) is 44.4 cm³/mol. The van der Waals surface area contributed by atoms with Crippen LogP contribution in [-0.2, 0) is 4.74 Å². The average Bonchev–Trinajstić information content (AvgIpc) is 1.79. The third-order valence-electron chi connectivity index (χ3n) is 0.793. The number of amides is 1. The molecule has 0 atom stereocenters. The zero-order chi connectivity index (χ0) is 8.91. The van der Waals surface area contributed by atoms with E-state index in [-0.39, 0.29) is 18.9 Å². The summed E-state index contributed by atoms with van der Waals surface area (Å²) >= 11 is 0. The molecule has 0 aromatic carbocycles. The first-order valence-corrected chi connectivity index (χ1v) is 3.65. The molecule has 0 aliphatic rings. The number of ether oxygens (including phenoxy) is 1. The van der Waals surface area contributed by atoms with Crippen LogP contribution in [0.3, 0.4) is 0 Å². The van der Waals surface area contributed by atoms with Crippen molar-refractivity contribution in [2.24, 2.45) is 0 Å². The van der Waals surface area contributed by atoms with Crippen molar-refractivity contribution in [3.05, 3.63) is 12.2 Å². The van der Waals surface area contributed by atoms with Crippen molar-refractivity contribution >= 4 is 6.09 Å². The van der Waals surface area contributed by atoms with Crippen LogP contribution in [0.15, 0.2) is 0 Å². The molecule has 66 valence electrons. The van der Waals surface area contributed by atoms with Crippen LogP contribution < -0.4 is 18.9 Å². The summed E-state index contributed by atoms with van der Waals surface area (Å²) < 4.78 is 4.91. The van der Waals surface area contributed by atoms with E-state index in [1.807, 2.05) is 20.8 Å². The van der Waals surface area contributed by atoms with Gasteiger partial charge in [-0.3, -0.25) is 4.79 Å². The van der Waals surface area contributed by atoms with Crippen molar-refractivity contribution in [2.75, 3.05) is 6.54 Å². The SMILES string of the molecule is [CH2-]CC[N-]C(=O)OC(C)(C)C.[Li+]. The Balaban J connectivity index is 0. The van der Waals surface area contributed by atoms with Gasteiger partial charge in [0, 0.05) is 0 Å². The smallest absolute Gasteiger partial charge is 0.619 e. The first-order chi connectivity index (χ1) is 4.95. The maximum atomic E-state index is 10.8. The van der Waals surface area contributed by atoms with Gasteiger partial charge in [0.15, 0.2) is 0 Å². The summed E-state index contributed by atoms with van der Waals surface area (Å²) in [5, 5.41) is 3.60. The van der Waals surface area contributed by atoms with E-state index in [4.69, 9.17) is 4.74 Å². The maximum Gasteiger partial charge on any atom is 1.00 e. The molecule has 0 saturated heterocycles. The van der Waals surface area contributed by atoms with Crippen molar-refractivity contribution in [2.45, 2.75) is 32.8 Å². The standard InChI is InChI=1S/C8H16NO2.Li/c1-5-6-9-7(10)11-8(2,3)4;/h1,5-6H2,2-4H3,(H,9,10);/q-1;+1/p-1. The Morgan fingerprint density at radius 3 is 2.33 bits per heavy atom. The van der Waals surface area contributed by atoms with Gasteiger partial charge in [-0.05, 0) is 20.8 Å². The molecular weight excluding hydrogens is 149 g/mol. The first-order valence-electron chi connectivity index (χ1n) is 3.65. The molecule has 0 saturated carbocycles. The fourth-order valence-electron chi connectivity index (χ4n) is 0.465. The molecule has 0 heterocycles. The summed E-state index contributed by atoms with van der Waals surface area (Å²) in [4.78, 5) is 10.8. The monoisotopic (exact) mass is 164 g/mol. The van der Waals surface area contributed by atoms with Crippen molar-refractivity contribution < 1.29 is 28.4 Å². The van der Waals surface area contributed by atoms with Gasteiger partial charge in [-0.2, -0.15) is 13.0 Å². The molecule has 0 unspecified atom stereocenters. The van der Waals surface area contributed by atoms with Gasteiger partial charge < -0.3 is 17.0 Å². The molecule has 12 heavy (non-hydrogen) atoms. The van der Waals surface area contributed by atoms with Crippen molar-refractivity contribution in [1.82, 2.24) is 0 Å². The molecule has 0 aliphatic carbocycles. The molecule has 0 bridgehead atoms. The van der Waals surface area contributed by atoms with E-state index in [0.717, 1.165) is 0 Å². The second-order valence-corrected chi connectivity index (χ2v) is 3.22. The number of carbonyl (C=O) groups excluding carboxylic acids is 1. The number of hydrogen-bond donors (Lipinski definition) is 0. The predicted octanol–water partition coefficient (Wildman–Crippen LogP) is -0.477. The van der Waals surface area contributed by atoms with Gasteiger partial charge in [0.05, 0.1) is 0 Å². The Morgan fingerprint density at radius 1 is 1.50 bits per heavy atom. The van der Waals surface area contributed by atoms with Crippen LogP contribution in [0.25, 0.3) is 5.32 Å². The summed E-state index contributed by atoms with van der Waals surface area (Å²) in [6.07, 6.45) is 0.125. The fourth-order valence-corrected chi connectivity index (χ4v) is 0.465. The van der Waals surface area contributed by atoms with E-state index >= 15 is 0 Å². The molecule has 0 aromatic rings. The van der Waals surface area contributed by atoms with E-state index in [1.54, 1.807) is 0 Å². The second-order valence-electron chi connectivity index (χ2n) is 3.22. The Hall–Kier alpha value is -0.133. The maximum absolute atomic E-state index is 10.8. The first kappa shape index (κ1) is 14.4. The molecule has 0 radical (unpaired) electrons. The zero-order valence-corrected chi connectivity index (χ0v) is 8.39. The Kier molecular flexibility index (Phi) is 7.67. The molecule has 0 aromatic heterocycles. The van der Waals surface area contributed by atoms with Crippen LogP contribution in [0, 0.1) is 6.92 Å². The van der Waals surface area contributed by atoms with Crippen LogP contribution in [0.2, 0.25) is 0 Å². The minimum Gasteiger partial charge on any atom is -0.619 e. The summed E-state index contributed by atoms with van der Waals surface area (Å²) in [6, 6.07) is 0. The van der Waals surface area contributed by atoms with Crippen LogP contribution in [0.4, 0.5) is 4.79 Å². The van der Waals surface area contributed by atoms with E-state index in [0.29, 0.717) is 13.0 Å². The molecular formula is C8H15LiNO2-. The number of rotatable bonds is 2. The topological polar surface area (TPSA) is 40.4 Å². The summed E-state index contributed by atoms with van der Waals surface area (Å²) in [5.74, 6) is 0. The fraction of sp³-hybridized carbons (Fsp3) is 0.750. The normalized spacial score (nSPS) is 10.0. The average molecular weight is 164 g/mol. The van der Waals surface area contributed by atoms with Crippen molar-refractivity contribution in [1.29, 1.82) is 0 Å². The molecule has 4 heteroatoms. The Bertz CT molecular complexity index is 132. The van der Waals surface area contributed by atoms with E-state index in [9.17, 15) is 4.79 Å². The second kappa shape index (κ2) is 6.39. The zero-order valence-electron chi connectivity index (χ0n) is 8.39. The number of hydrogen-bond acceptors (Lipinski definition) is 2. The van der Waals surface area contributed by atoms with Crippen LogP contribution in [0.5, 0.6) is 0 Å². The minimum atomic E-state index is -0.499. The van der Waals surface area contributed by atoms with E-state index in [2.05, 4.69) is 12.2 Å². The van der Waals surface area contributed by atoms with Crippen LogP contribution in [-0.4, -0.2) is 18.2 Å². The molecule has 0 N–H and O–H groups in total. The van der Waals surface area contributed by atoms with Gasteiger partial charge in [0.2, 0.25) is 6.09 Å².